The fourth-order valence-electron chi connectivity index (χ4n) is 1.82. The topological polar surface area (TPSA) is 55.4 Å². The third-order valence-electron chi connectivity index (χ3n) is 2.63. The molecule has 0 aliphatic carbocycles. The molecular formula is C15H15ClFNO3S. The lowest BCUT2D eigenvalue weighted by Gasteiger charge is -2.20. The van der Waals surface area contributed by atoms with Gasteiger partial charge in [0.25, 0.3) is 5.91 Å². The Kier molecular flexibility index (Phi) is 4.72. The van der Waals surface area contributed by atoms with Crippen LogP contribution in [0.4, 0.5) is 4.39 Å². The van der Waals surface area contributed by atoms with Gasteiger partial charge in [0.05, 0.1) is 5.02 Å². The van der Waals surface area contributed by atoms with Crippen molar-refractivity contribution in [2.75, 3.05) is 6.61 Å². The first-order valence-electron chi connectivity index (χ1n) is 6.53. The second-order valence-electron chi connectivity index (χ2n) is 5.76. The molecule has 4 nitrogen and oxygen atoms in total. The van der Waals surface area contributed by atoms with Crippen molar-refractivity contribution in [3.63, 3.8) is 0 Å². The maximum Gasteiger partial charge on any atom is 0.350 e. The normalized spacial score (nSPS) is 11.5. The van der Waals surface area contributed by atoms with Crippen LogP contribution in [0.15, 0.2) is 18.2 Å². The van der Waals surface area contributed by atoms with Gasteiger partial charge in [-0.05, 0) is 39.0 Å². The standard InChI is InChI=1S/C15H15ClFNO3S/c1-15(2,3)18-11(19)7-21-14(20)13-12(16)9-5-4-8(17)6-10(9)22-13/h4-6H,7H2,1-3H3,(H,18,19). The number of ether oxygens (including phenoxy) is 1. The van der Waals surface area contributed by atoms with Gasteiger partial charge in [-0.25, -0.2) is 9.18 Å². The van der Waals surface area contributed by atoms with Gasteiger partial charge in [-0.3, -0.25) is 4.79 Å². The molecule has 118 valence electrons. The summed E-state index contributed by atoms with van der Waals surface area (Å²) in [6, 6.07) is 4.08. The van der Waals surface area contributed by atoms with Crippen molar-refractivity contribution < 1.29 is 18.7 Å². The van der Waals surface area contributed by atoms with E-state index in [9.17, 15) is 14.0 Å². The van der Waals surface area contributed by atoms with E-state index < -0.39 is 29.8 Å². The van der Waals surface area contributed by atoms with E-state index in [4.69, 9.17) is 16.3 Å². The van der Waals surface area contributed by atoms with Crippen molar-refractivity contribution in [1.82, 2.24) is 5.32 Å². The number of halogens is 2. The van der Waals surface area contributed by atoms with E-state index in [1.54, 1.807) is 0 Å². The first-order chi connectivity index (χ1) is 10.2. The summed E-state index contributed by atoms with van der Waals surface area (Å²) in [5.74, 6) is -1.50. The zero-order valence-electron chi connectivity index (χ0n) is 12.3. The molecule has 0 unspecified atom stereocenters. The summed E-state index contributed by atoms with van der Waals surface area (Å²) in [7, 11) is 0. The molecule has 0 saturated heterocycles. The number of rotatable bonds is 3. The number of amides is 1. The SMILES string of the molecule is CC(C)(C)NC(=O)COC(=O)c1sc2cc(F)ccc2c1Cl. The Balaban J connectivity index is 2.10. The molecule has 0 saturated carbocycles. The summed E-state index contributed by atoms with van der Waals surface area (Å²) in [5, 5.41) is 3.47. The minimum Gasteiger partial charge on any atom is -0.451 e. The molecule has 7 heteroatoms. The number of carbonyl (C=O) groups excluding carboxylic acids is 2. The van der Waals surface area contributed by atoms with E-state index in [2.05, 4.69) is 5.32 Å². The number of esters is 1. The number of thiophene rings is 1. The van der Waals surface area contributed by atoms with Gasteiger partial charge in [0, 0.05) is 15.6 Å². The van der Waals surface area contributed by atoms with Crippen LogP contribution in [-0.4, -0.2) is 24.0 Å². The highest BCUT2D eigenvalue weighted by atomic mass is 35.5. The van der Waals surface area contributed by atoms with Crippen LogP contribution in [-0.2, 0) is 9.53 Å². The molecule has 2 aromatic rings. The van der Waals surface area contributed by atoms with Crippen molar-refractivity contribution in [2.45, 2.75) is 26.3 Å². The molecule has 1 amide bonds. The predicted molar refractivity (Wildman–Crippen MR) is 85.0 cm³/mol. The first kappa shape index (κ1) is 16.7. The van der Waals surface area contributed by atoms with E-state index in [0.29, 0.717) is 10.1 Å². The number of benzene rings is 1. The lowest BCUT2D eigenvalue weighted by Crippen LogP contribution is -2.42. The summed E-state index contributed by atoms with van der Waals surface area (Å²) in [6.07, 6.45) is 0. The molecule has 0 aliphatic heterocycles. The second kappa shape index (κ2) is 6.22. The van der Waals surface area contributed by atoms with Gasteiger partial charge in [0.1, 0.15) is 10.7 Å². The van der Waals surface area contributed by atoms with Crippen LogP contribution in [0.25, 0.3) is 10.1 Å². The smallest absolute Gasteiger partial charge is 0.350 e. The van der Waals surface area contributed by atoms with E-state index in [1.165, 1.54) is 18.2 Å². The maximum atomic E-state index is 13.2. The summed E-state index contributed by atoms with van der Waals surface area (Å²) >= 11 is 7.15. The van der Waals surface area contributed by atoms with Crippen LogP contribution in [0.5, 0.6) is 0 Å². The van der Waals surface area contributed by atoms with Gasteiger partial charge >= 0.3 is 5.97 Å². The molecule has 0 fully saturated rings. The Bertz CT molecular complexity index is 736. The molecule has 1 aromatic heterocycles. The van der Waals surface area contributed by atoms with Gasteiger partial charge in [0.2, 0.25) is 0 Å². The monoisotopic (exact) mass is 343 g/mol. The van der Waals surface area contributed by atoms with Crippen LogP contribution in [0.3, 0.4) is 0 Å². The lowest BCUT2D eigenvalue weighted by molar-refractivity contribution is -0.125. The van der Waals surface area contributed by atoms with Crippen molar-refractivity contribution in [3.8, 4) is 0 Å². The van der Waals surface area contributed by atoms with Crippen LogP contribution in [0.1, 0.15) is 30.4 Å². The minimum atomic E-state index is -0.698. The quantitative estimate of drug-likeness (QED) is 0.863. The van der Waals surface area contributed by atoms with Gasteiger partial charge < -0.3 is 10.1 Å². The summed E-state index contributed by atoms with van der Waals surface area (Å²) in [5.41, 5.74) is -0.406. The summed E-state index contributed by atoms with van der Waals surface area (Å²) in [4.78, 5) is 23.8. The minimum absolute atomic E-state index is 0.158. The van der Waals surface area contributed by atoms with E-state index >= 15 is 0 Å². The molecule has 1 aromatic carbocycles. The molecule has 0 radical (unpaired) electrons. The molecule has 0 spiro atoms. The van der Waals surface area contributed by atoms with E-state index in [-0.39, 0.29) is 9.90 Å². The Morgan fingerprint density at radius 3 is 2.68 bits per heavy atom. The predicted octanol–water partition coefficient (Wildman–Crippen LogP) is 3.77. The number of hydrogen-bond donors (Lipinski definition) is 1. The molecule has 1 heterocycles. The summed E-state index contributed by atoms with van der Waals surface area (Å²) < 4.78 is 18.7. The molecule has 2 rings (SSSR count). The van der Waals surface area contributed by atoms with Crippen LogP contribution in [0, 0.1) is 5.82 Å². The average molecular weight is 344 g/mol. The van der Waals surface area contributed by atoms with Crippen molar-refractivity contribution >= 4 is 44.9 Å². The fraction of sp³-hybridized carbons (Fsp3) is 0.333. The molecule has 0 atom stereocenters. The molecule has 0 bridgehead atoms. The Hall–Kier alpha value is -1.66. The highest BCUT2D eigenvalue weighted by molar-refractivity contribution is 7.21. The molecule has 0 aliphatic rings. The van der Waals surface area contributed by atoms with E-state index in [1.807, 2.05) is 20.8 Å². The highest BCUT2D eigenvalue weighted by Gasteiger charge is 2.21. The Labute approximate surface area is 136 Å². The second-order valence-corrected chi connectivity index (χ2v) is 7.19. The van der Waals surface area contributed by atoms with Crippen LogP contribution in [0.2, 0.25) is 5.02 Å². The van der Waals surface area contributed by atoms with E-state index in [0.717, 1.165) is 11.3 Å². The average Bonchev–Trinajstić information content (AvgIpc) is 2.71. The Morgan fingerprint density at radius 1 is 1.36 bits per heavy atom. The van der Waals surface area contributed by atoms with Gasteiger partial charge in [-0.1, -0.05) is 11.6 Å². The lowest BCUT2D eigenvalue weighted by atomic mass is 10.1. The fourth-order valence-corrected chi connectivity index (χ4v) is 3.25. The largest absolute Gasteiger partial charge is 0.451 e. The molecule has 22 heavy (non-hydrogen) atoms. The van der Waals surface area contributed by atoms with Gasteiger partial charge in [-0.15, -0.1) is 11.3 Å². The first-order valence-corrected chi connectivity index (χ1v) is 7.72. The van der Waals surface area contributed by atoms with Gasteiger partial charge in [0.15, 0.2) is 6.61 Å². The number of carbonyl (C=O) groups is 2. The molecular weight excluding hydrogens is 329 g/mol. The Morgan fingerprint density at radius 2 is 2.05 bits per heavy atom. The summed E-state index contributed by atoms with van der Waals surface area (Å²) in [6.45, 7) is 5.08. The van der Waals surface area contributed by atoms with Gasteiger partial charge in [-0.2, -0.15) is 0 Å². The van der Waals surface area contributed by atoms with Crippen LogP contribution >= 0.6 is 22.9 Å². The molecule has 1 N–H and O–H groups in total. The number of nitrogens with one attached hydrogen (secondary N) is 1. The maximum absolute atomic E-state index is 13.2. The van der Waals surface area contributed by atoms with Crippen LogP contribution < -0.4 is 5.32 Å². The zero-order valence-corrected chi connectivity index (χ0v) is 13.9. The number of hydrogen-bond acceptors (Lipinski definition) is 4. The van der Waals surface area contributed by atoms with Crippen molar-refractivity contribution in [2.24, 2.45) is 0 Å². The van der Waals surface area contributed by atoms with Crippen molar-refractivity contribution in [3.05, 3.63) is 33.9 Å². The highest BCUT2D eigenvalue weighted by Crippen LogP contribution is 2.36. The third-order valence-corrected chi connectivity index (χ3v) is 4.26. The zero-order chi connectivity index (χ0) is 16.5. The van der Waals surface area contributed by atoms with Crippen molar-refractivity contribution in [1.29, 1.82) is 0 Å². The third kappa shape index (κ3) is 3.96. The number of fused-ring (bicyclic) bond motifs is 1.